The fraction of sp³-hybridized carbons (Fsp3) is 0.235. The summed E-state index contributed by atoms with van der Waals surface area (Å²) in [5.41, 5.74) is 4.07. The van der Waals surface area contributed by atoms with Gasteiger partial charge in [0.05, 0.1) is 12.5 Å². The summed E-state index contributed by atoms with van der Waals surface area (Å²) in [4.78, 5) is 9.20. The van der Waals surface area contributed by atoms with Gasteiger partial charge in [-0.1, -0.05) is 30.3 Å². The summed E-state index contributed by atoms with van der Waals surface area (Å²) in [7, 11) is 0. The normalized spacial score (nSPS) is 10.7. The third-order valence-electron chi connectivity index (χ3n) is 3.45. The van der Waals surface area contributed by atoms with Crippen LogP contribution in [0.4, 0.5) is 0 Å². The van der Waals surface area contributed by atoms with Gasteiger partial charge in [-0.2, -0.15) is 5.26 Å². The van der Waals surface area contributed by atoms with Gasteiger partial charge in [0.15, 0.2) is 5.65 Å². The van der Waals surface area contributed by atoms with E-state index in [4.69, 9.17) is 10.2 Å². The Kier molecular flexibility index (Phi) is 3.65. The summed E-state index contributed by atoms with van der Waals surface area (Å²) in [5.74, 6) is 0.963. The molecule has 0 saturated heterocycles. The smallest absolute Gasteiger partial charge is 0.160 e. The summed E-state index contributed by atoms with van der Waals surface area (Å²) in [5, 5.41) is 8.86. The number of pyridine rings is 1. The Labute approximate surface area is 123 Å². The van der Waals surface area contributed by atoms with Gasteiger partial charge in [0.2, 0.25) is 0 Å². The minimum atomic E-state index is 0.461. The summed E-state index contributed by atoms with van der Waals surface area (Å²) >= 11 is 0. The molecule has 0 aliphatic heterocycles. The molecular weight excluding hydrogens is 260 g/mol. The second-order valence-electron chi connectivity index (χ2n) is 5.11. The SMILES string of the molecule is Cc1cnc2c(c1)nc(Cc1ccccc1)n2CCC#N. The Morgan fingerprint density at radius 2 is 2.05 bits per heavy atom. The van der Waals surface area contributed by atoms with E-state index in [0.717, 1.165) is 29.0 Å². The lowest BCUT2D eigenvalue weighted by atomic mass is 10.1. The van der Waals surface area contributed by atoms with Crippen LogP contribution in [0.15, 0.2) is 42.6 Å². The quantitative estimate of drug-likeness (QED) is 0.735. The molecule has 3 rings (SSSR count). The maximum atomic E-state index is 8.86. The molecule has 4 heteroatoms. The highest BCUT2D eigenvalue weighted by molar-refractivity contribution is 5.72. The number of hydrogen-bond acceptors (Lipinski definition) is 3. The molecule has 21 heavy (non-hydrogen) atoms. The number of imidazole rings is 1. The van der Waals surface area contributed by atoms with Crippen molar-refractivity contribution in [3.05, 3.63) is 59.5 Å². The highest BCUT2D eigenvalue weighted by Gasteiger charge is 2.12. The monoisotopic (exact) mass is 276 g/mol. The fourth-order valence-corrected chi connectivity index (χ4v) is 2.47. The Morgan fingerprint density at radius 3 is 2.81 bits per heavy atom. The lowest BCUT2D eigenvalue weighted by Crippen LogP contribution is -2.05. The van der Waals surface area contributed by atoms with Crippen LogP contribution in [0.1, 0.15) is 23.4 Å². The zero-order valence-corrected chi connectivity index (χ0v) is 12.0. The number of aromatic nitrogens is 3. The first-order valence-electron chi connectivity index (χ1n) is 7.00. The van der Waals surface area contributed by atoms with Crippen molar-refractivity contribution < 1.29 is 0 Å². The van der Waals surface area contributed by atoms with Crippen molar-refractivity contribution in [1.29, 1.82) is 5.26 Å². The summed E-state index contributed by atoms with van der Waals surface area (Å²) in [6.07, 6.45) is 3.06. The Bertz CT molecular complexity index is 797. The number of fused-ring (bicyclic) bond motifs is 1. The number of benzene rings is 1. The van der Waals surface area contributed by atoms with Gasteiger partial charge in [0.25, 0.3) is 0 Å². The van der Waals surface area contributed by atoms with Crippen LogP contribution >= 0.6 is 0 Å². The molecule has 0 radical (unpaired) electrons. The Morgan fingerprint density at radius 1 is 1.24 bits per heavy atom. The Hall–Kier alpha value is -2.67. The average molecular weight is 276 g/mol. The van der Waals surface area contributed by atoms with E-state index in [-0.39, 0.29) is 0 Å². The van der Waals surface area contributed by atoms with Crippen molar-refractivity contribution in [2.45, 2.75) is 26.3 Å². The summed E-state index contributed by atoms with van der Waals surface area (Å²) < 4.78 is 2.06. The van der Waals surface area contributed by atoms with Crippen LogP contribution in [0, 0.1) is 18.3 Å². The van der Waals surface area contributed by atoms with Crippen molar-refractivity contribution in [2.75, 3.05) is 0 Å². The van der Waals surface area contributed by atoms with Crippen LogP contribution in [0.2, 0.25) is 0 Å². The van der Waals surface area contributed by atoms with E-state index in [2.05, 4.69) is 27.8 Å². The van der Waals surface area contributed by atoms with Crippen LogP contribution in [0.25, 0.3) is 11.2 Å². The Balaban J connectivity index is 2.05. The lowest BCUT2D eigenvalue weighted by molar-refractivity contribution is 0.689. The third-order valence-corrected chi connectivity index (χ3v) is 3.45. The first-order chi connectivity index (χ1) is 10.3. The third kappa shape index (κ3) is 2.77. The minimum absolute atomic E-state index is 0.461. The second kappa shape index (κ2) is 5.76. The first kappa shape index (κ1) is 13.3. The van der Waals surface area contributed by atoms with E-state index >= 15 is 0 Å². The van der Waals surface area contributed by atoms with Gasteiger partial charge in [-0.15, -0.1) is 0 Å². The van der Waals surface area contributed by atoms with Gasteiger partial charge in [-0.05, 0) is 24.1 Å². The summed E-state index contributed by atoms with van der Waals surface area (Å²) in [6.45, 7) is 2.64. The zero-order chi connectivity index (χ0) is 14.7. The number of rotatable bonds is 4. The number of nitriles is 1. The molecule has 0 spiro atoms. The highest BCUT2D eigenvalue weighted by atomic mass is 15.1. The molecule has 2 aromatic heterocycles. The highest BCUT2D eigenvalue weighted by Crippen LogP contribution is 2.18. The standard InChI is InChI=1S/C17H16N4/c1-13-10-15-17(19-12-13)21(9-5-8-18)16(20-15)11-14-6-3-2-4-7-14/h2-4,6-7,10,12H,5,9,11H2,1H3. The molecule has 0 fully saturated rings. The van der Waals surface area contributed by atoms with Crippen molar-refractivity contribution >= 4 is 11.2 Å². The van der Waals surface area contributed by atoms with Crippen LogP contribution in [0.3, 0.4) is 0 Å². The van der Waals surface area contributed by atoms with Crippen molar-refractivity contribution in [3.8, 4) is 6.07 Å². The molecule has 4 nitrogen and oxygen atoms in total. The van der Waals surface area contributed by atoms with E-state index in [0.29, 0.717) is 13.0 Å². The second-order valence-corrected chi connectivity index (χ2v) is 5.11. The van der Waals surface area contributed by atoms with Crippen molar-refractivity contribution in [2.24, 2.45) is 0 Å². The van der Waals surface area contributed by atoms with Gasteiger partial charge in [0, 0.05) is 19.2 Å². The van der Waals surface area contributed by atoms with Gasteiger partial charge in [-0.25, -0.2) is 9.97 Å². The van der Waals surface area contributed by atoms with Crippen molar-refractivity contribution in [1.82, 2.24) is 14.5 Å². The van der Waals surface area contributed by atoms with E-state index in [9.17, 15) is 0 Å². The lowest BCUT2D eigenvalue weighted by Gasteiger charge is -2.06. The number of aryl methyl sites for hydroxylation is 2. The van der Waals surface area contributed by atoms with E-state index in [1.54, 1.807) is 0 Å². The molecular formula is C17H16N4. The molecule has 0 N–H and O–H groups in total. The minimum Gasteiger partial charge on any atom is -0.311 e. The molecule has 3 aromatic rings. The molecule has 0 amide bonds. The molecule has 0 aliphatic carbocycles. The van der Waals surface area contributed by atoms with E-state index < -0.39 is 0 Å². The van der Waals surface area contributed by atoms with Crippen LogP contribution in [-0.4, -0.2) is 14.5 Å². The maximum Gasteiger partial charge on any atom is 0.160 e. The van der Waals surface area contributed by atoms with E-state index in [1.165, 1.54) is 5.56 Å². The topological polar surface area (TPSA) is 54.5 Å². The number of hydrogen-bond donors (Lipinski definition) is 0. The summed E-state index contributed by atoms with van der Waals surface area (Å²) in [6, 6.07) is 14.5. The molecule has 104 valence electrons. The van der Waals surface area contributed by atoms with Crippen LogP contribution in [-0.2, 0) is 13.0 Å². The molecule has 0 atom stereocenters. The van der Waals surface area contributed by atoms with Crippen molar-refractivity contribution in [3.63, 3.8) is 0 Å². The largest absolute Gasteiger partial charge is 0.311 e. The molecule has 0 unspecified atom stereocenters. The average Bonchev–Trinajstić information content (AvgIpc) is 2.82. The number of nitrogens with zero attached hydrogens (tertiary/aromatic N) is 4. The molecule has 0 saturated carbocycles. The maximum absolute atomic E-state index is 8.86. The molecule has 1 aromatic carbocycles. The van der Waals surface area contributed by atoms with Gasteiger partial charge in [0.1, 0.15) is 11.3 Å². The predicted octanol–water partition coefficient (Wildman–Crippen LogP) is 3.24. The molecule has 0 aliphatic rings. The van der Waals surface area contributed by atoms with Crippen LogP contribution < -0.4 is 0 Å². The zero-order valence-electron chi connectivity index (χ0n) is 12.0. The van der Waals surface area contributed by atoms with Gasteiger partial charge >= 0.3 is 0 Å². The van der Waals surface area contributed by atoms with Crippen LogP contribution in [0.5, 0.6) is 0 Å². The predicted molar refractivity (Wildman–Crippen MR) is 81.7 cm³/mol. The molecule has 0 bridgehead atoms. The first-order valence-corrected chi connectivity index (χ1v) is 7.00. The molecule has 2 heterocycles. The van der Waals surface area contributed by atoms with Gasteiger partial charge < -0.3 is 4.57 Å². The van der Waals surface area contributed by atoms with Gasteiger partial charge in [-0.3, -0.25) is 0 Å². The van der Waals surface area contributed by atoms with E-state index in [1.807, 2.05) is 37.4 Å². The fourth-order valence-electron chi connectivity index (χ4n) is 2.47.